The molecule has 0 saturated carbocycles. The smallest absolute Gasteiger partial charge is 0.326 e. The van der Waals surface area contributed by atoms with Crippen LogP contribution in [0.4, 0.5) is 10.5 Å². The third-order valence-electron chi connectivity index (χ3n) is 3.96. The number of urea groups is 1. The van der Waals surface area contributed by atoms with E-state index in [1.807, 2.05) is 12.1 Å². The molecule has 1 aliphatic heterocycles. The molecule has 3 aromatic rings. The number of nitrogens with one attached hydrogen (secondary N) is 2. The van der Waals surface area contributed by atoms with Crippen LogP contribution in [0.2, 0.25) is 0 Å². The van der Waals surface area contributed by atoms with E-state index in [1.165, 1.54) is 0 Å². The number of amides is 3. The summed E-state index contributed by atoms with van der Waals surface area (Å²) in [5.74, 6) is 1.22. The van der Waals surface area contributed by atoms with Crippen LogP contribution in [0.25, 0.3) is 11.3 Å². The van der Waals surface area contributed by atoms with E-state index < -0.39 is 11.9 Å². The molecule has 2 aromatic carbocycles. The highest BCUT2D eigenvalue weighted by atomic mass is 16.6. The Morgan fingerprint density at radius 2 is 1.74 bits per heavy atom. The molecule has 2 heterocycles. The molecule has 0 unspecified atom stereocenters. The Hall–Kier alpha value is -3.74. The highest BCUT2D eigenvalue weighted by molar-refractivity contribution is 6.08. The van der Waals surface area contributed by atoms with Crippen molar-refractivity contribution in [3.63, 3.8) is 0 Å². The summed E-state index contributed by atoms with van der Waals surface area (Å²) in [5, 5.41) is 4.94. The lowest BCUT2D eigenvalue weighted by molar-refractivity contribution is 0.0966. The van der Waals surface area contributed by atoms with Crippen LogP contribution in [0.3, 0.4) is 0 Å². The molecule has 3 amide bonds. The summed E-state index contributed by atoms with van der Waals surface area (Å²) >= 11 is 0. The Morgan fingerprint density at radius 1 is 0.889 bits per heavy atom. The molecule has 0 aliphatic carbocycles. The Morgan fingerprint density at radius 3 is 2.56 bits per heavy atom. The summed E-state index contributed by atoms with van der Waals surface area (Å²) in [6.45, 7) is 0.891. The van der Waals surface area contributed by atoms with Crippen molar-refractivity contribution in [3.05, 3.63) is 66.4 Å². The normalized spacial score (nSPS) is 12.3. The monoisotopic (exact) mass is 364 g/mol. The molecular weight excluding hydrogens is 348 g/mol. The van der Waals surface area contributed by atoms with Gasteiger partial charge in [0, 0.05) is 16.8 Å². The maximum Gasteiger partial charge on any atom is 0.326 e. The number of carbonyl (C=O) groups is 2. The van der Waals surface area contributed by atoms with Gasteiger partial charge in [0.2, 0.25) is 0 Å². The van der Waals surface area contributed by atoms with Crippen molar-refractivity contribution in [1.29, 1.82) is 0 Å². The number of benzene rings is 2. The number of carbonyl (C=O) groups excluding carboxylic acids is 2. The number of imide groups is 1. The second-order valence-corrected chi connectivity index (χ2v) is 5.82. The molecule has 136 valence electrons. The zero-order valence-corrected chi connectivity index (χ0v) is 14.2. The lowest BCUT2D eigenvalue weighted by atomic mass is 10.1. The van der Waals surface area contributed by atoms with Gasteiger partial charge in [-0.25, -0.2) is 4.79 Å². The molecular formula is C20H16N2O5. The zero-order chi connectivity index (χ0) is 18.6. The molecule has 7 nitrogen and oxygen atoms in total. The highest BCUT2D eigenvalue weighted by Crippen LogP contribution is 2.30. The van der Waals surface area contributed by atoms with Crippen LogP contribution in [-0.2, 0) is 0 Å². The molecule has 0 radical (unpaired) electrons. The van der Waals surface area contributed by atoms with Crippen molar-refractivity contribution in [2.75, 3.05) is 18.5 Å². The van der Waals surface area contributed by atoms with E-state index in [2.05, 4.69) is 10.6 Å². The van der Waals surface area contributed by atoms with Gasteiger partial charge in [0.05, 0.1) is 6.26 Å². The number of hydrogen-bond donors (Lipinski definition) is 2. The first-order valence-electron chi connectivity index (χ1n) is 8.35. The number of fused-ring (bicyclic) bond motifs is 1. The Kier molecular flexibility index (Phi) is 4.49. The lowest BCUT2D eigenvalue weighted by Crippen LogP contribution is -2.34. The van der Waals surface area contributed by atoms with Gasteiger partial charge in [0.1, 0.15) is 19.0 Å². The molecule has 0 atom stereocenters. The van der Waals surface area contributed by atoms with E-state index in [0.717, 1.165) is 5.56 Å². The number of ether oxygens (including phenoxy) is 2. The van der Waals surface area contributed by atoms with Gasteiger partial charge in [0.25, 0.3) is 5.91 Å². The molecule has 1 aromatic heterocycles. The van der Waals surface area contributed by atoms with Crippen LogP contribution in [-0.4, -0.2) is 25.2 Å². The van der Waals surface area contributed by atoms with Gasteiger partial charge in [-0.2, -0.15) is 0 Å². The molecule has 2 N–H and O–H groups in total. The predicted molar refractivity (Wildman–Crippen MR) is 98.1 cm³/mol. The number of furan rings is 1. The summed E-state index contributed by atoms with van der Waals surface area (Å²) in [7, 11) is 0. The van der Waals surface area contributed by atoms with Gasteiger partial charge in [-0.15, -0.1) is 0 Å². The Labute approximate surface area is 154 Å². The number of anilines is 1. The standard InChI is InChI=1S/C20H16N2O5/c23-19(14-6-7-17-18(12-14)27-10-9-26-17)22-20(24)21-15-4-1-3-13(11-15)16-5-2-8-25-16/h1-8,11-12H,9-10H2,(H2,21,22,23,24). The molecule has 4 rings (SSSR count). The molecule has 1 aliphatic rings. The minimum atomic E-state index is -0.633. The average Bonchev–Trinajstić information content (AvgIpc) is 3.22. The van der Waals surface area contributed by atoms with E-state index >= 15 is 0 Å². The molecule has 0 spiro atoms. The van der Waals surface area contributed by atoms with E-state index in [4.69, 9.17) is 13.9 Å². The van der Waals surface area contributed by atoms with Crippen molar-refractivity contribution in [1.82, 2.24) is 5.32 Å². The van der Waals surface area contributed by atoms with Crippen LogP contribution >= 0.6 is 0 Å². The van der Waals surface area contributed by atoms with Gasteiger partial charge < -0.3 is 19.2 Å². The van der Waals surface area contributed by atoms with Crippen molar-refractivity contribution in [2.24, 2.45) is 0 Å². The second kappa shape index (κ2) is 7.25. The van der Waals surface area contributed by atoms with Crippen LogP contribution in [0.15, 0.2) is 65.3 Å². The fourth-order valence-electron chi connectivity index (χ4n) is 2.72. The first-order chi connectivity index (χ1) is 13.2. The Bertz CT molecular complexity index is 982. The molecule has 0 bridgehead atoms. The lowest BCUT2D eigenvalue weighted by Gasteiger charge is -2.18. The summed E-state index contributed by atoms with van der Waals surface area (Å²) in [6.07, 6.45) is 1.58. The van der Waals surface area contributed by atoms with Crippen molar-refractivity contribution in [3.8, 4) is 22.8 Å². The fourth-order valence-corrected chi connectivity index (χ4v) is 2.72. The zero-order valence-electron chi connectivity index (χ0n) is 14.2. The third-order valence-corrected chi connectivity index (χ3v) is 3.96. The van der Waals surface area contributed by atoms with Crippen molar-refractivity contribution in [2.45, 2.75) is 0 Å². The minimum absolute atomic E-state index is 0.304. The topological polar surface area (TPSA) is 89.8 Å². The summed E-state index contributed by atoms with van der Waals surface area (Å²) in [4.78, 5) is 24.5. The quantitative estimate of drug-likeness (QED) is 0.740. The number of hydrogen-bond acceptors (Lipinski definition) is 5. The maximum absolute atomic E-state index is 12.3. The predicted octanol–water partition coefficient (Wildman–Crippen LogP) is 3.68. The van der Waals surface area contributed by atoms with E-state index in [1.54, 1.807) is 48.7 Å². The first-order valence-corrected chi connectivity index (χ1v) is 8.35. The SMILES string of the molecule is O=C(NC(=O)c1ccc2c(c1)OCCO2)Nc1cccc(-c2ccco2)c1. The van der Waals surface area contributed by atoms with Crippen LogP contribution in [0.1, 0.15) is 10.4 Å². The van der Waals surface area contributed by atoms with Gasteiger partial charge in [0.15, 0.2) is 11.5 Å². The van der Waals surface area contributed by atoms with E-state index in [9.17, 15) is 9.59 Å². The van der Waals surface area contributed by atoms with Gasteiger partial charge in [-0.05, 0) is 42.5 Å². The average molecular weight is 364 g/mol. The van der Waals surface area contributed by atoms with Crippen LogP contribution < -0.4 is 20.1 Å². The first kappa shape index (κ1) is 16.7. The van der Waals surface area contributed by atoms with Gasteiger partial charge in [-0.1, -0.05) is 12.1 Å². The largest absolute Gasteiger partial charge is 0.486 e. The van der Waals surface area contributed by atoms with Crippen LogP contribution in [0.5, 0.6) is 11.5 Å². The van der Waals surface area contributed by atoms with Crippen molar-refractivity contribution < 1.29 is 23.5 Å². The molecule has 7 heteroatoms. The highest BCUT2D eigenvalue weighted by Gasteiger charge is 2.16. The summed E-state index contributed by atoms with van der Waals surface area (Å²) in [5.41, 5.74) is 1.66. The molecule has 0 saturated heterocycles. The van der Waals surface area contributed by atoms with E-state index in [0.29, 0.717) is 41.7 Å². The minimum Gasteiger partial charge on any atom is -0.486 e. The third kappa shape index (κ3) is 3.77. The van der Waals surface area contributed by atoms with Gasteiger partial charge >= 0.3 is 6.03 Å². The number of rotatable bonds is 3. The Balaban J connectivity index is 1.42. The molecule has 0 fully saturated rings. The second-order valence-electron chi connectivity index (χ2n) is 5.82. The molecule has 27 heavy (non-hydrogen) atoms. The van der Waals surface area contributed by atoms with Gasteiger partial charge in [-0.3, -0.25) is 10.1 Å². The fraction of sp³-hybridized carbons (Fsp3) is 0.100. The van der Waals surface area contributed by atoms with E-state index in [-0.39, 0.29) is 0 Å². The van der Waals surface area contributed by atoms with Crippen molar-refractivity contribution >= 4 is 17.6 Å². The summed E-state index contributed by atoms with van der Waals surface area (Å²) in [6, 6.07) is 14.9. The summed E-state index contributed by atoms with van der Waals surface area (Å²) < 4.78 is 16.2. The van der Waals surface area contributed by atoms with Crippen LogP contribution in [0, 0.1) is 0 Å². The maximum atomic E-state index is 12.3.